The zero-order valence-corrected chi connectivity index (χ0v) is 11.9. The summed E-state index contributed by atoms with van der Waals surface area (Å²) in [7, 11) is 0. The van der Waals surface area contributed by atoms with Crippen molar-refractivity contribution in [2.45, 2.75) is 26.3 Å². The molecule has 21 heavy (non-hydrogen) atoms. The van der Waals surface area contributed by atoms with E-state index in [0.717, 1.165) is 5.56 Å². The summed E-state index contributed by atoms with van der Waals surface area (Å²) in [5, 5.41) is 11.9. The van der Waals surface area contributed by atoms with Gasteiger partial charge in [-0.25, -0.2) is 9.78 Å². The van der Waals surface area contributed by atoms with Crippen molar-refractivity contribution in [3.8, 4) is 0 Å². The van der Waals surface area contributed by atoms with E-state index in [2.05, 4.69) is 15.3 Å². The number of benzene rings is 1. The van der Waals surface area contributed by atoms with Crippen LogP contribution in [0.1, 0.15) is 41.5 Å². The van der Waals surface area contributed by atoms with Gasteiger partial charge < -0.3 is 15.4 Å². The molecule has 0 atom stereocenters. The number of rotatable bonds is 5. The maximum atomic E-state index is 11.5. The molecule has 0 bridgehead atoms. The van der Waals surface area contributed by atoms with Gasteiger partial charge in [-0.3, -0.25) is 4.79 Å². The maximum Gasteiger partial charge on any atom is 0.335 e. The molecule has 1 heterocycles. The zero-order chi connectivity index (χ0) is 15.4. The van der Waals surface area contributed by atoms with Gasteiger partial charge in [0, 0.05) is 18.5 Å². The highest BCUT2D eigenvalue weighted by Gasteiger charge is 2.05. The molecule has 0 spiro atoms. The molecule has 0 radical (unpaired) electrons. The third-order valence-electron chi connectivity index (χ3n) is 2.98. The third kappa shape index (κ3) is 3.92. The highest BCUT2D eigenvalue weighted by Crippen LogP contribution is 2.11. The molecule has 110 valence electrons. The molecule has 0 unspecified atom stereocenters. The Morgan fingerprint density at radius 1 is 1.33 bits per heavy atom. The first-order valence-electron chi connectivity index (χ1n) is 6.63. The summed E-state index contributed by atoms with van der Waals surface area (Å²) in [6, 6.07) is 7.95. The zero-order valence-electron chi connectivity index (χ0n) is 11.9. The average molecular weight is 287 g/mol. The van der Waals surface area contributed by atoms with Crippen molar-refractivity contribution in [1.82, 2.24) is 9.97 Å². The Balaban J connectivity index is 2.09. The second-order valence-electron chi connectivity index (χ2n) is 5.03. The van der Waals surface area contributed by atoms with Gasteiger partial charge in [-0.2, -0.15) is 0 Å². The van der Waals surface area contributed by atoms with E-state index in [1.54, 1.807) is 24.3 Å². The molecule has 1 aromatic carbocycles. The van der Waals surface area contributed by atoms with Crippen LogP contribution in [-0.2, 0) is 6.54 Å². The first-order valence-corrected chi connectivity index (χ1v) is 6.63. The van der Waals surface area contributed by atoms with Gasteiger partial charge in [-0.1, -0.05) is 26.0 Å². The number of carboxylic acids is 1. The van der Waals surface area contributed by atoms with E-state index in [4.69, 9.17) is 5.11 Å². The van der Waals surface area contributed by atoms with Crippen LogP contribution in [0.2, 0.25) is 0 Å². The maximum absolute atomic E-state index is 11.5. The number of hydrogen-bond acceptors (Lipinski definition) is 4. The molecule has 1 aromatic heterocycles. The molecule has 0 aliphatic rings. The Morgan fingerprint density at radius 2 is 2.00 bits per heavy atom. The summed E-state index contributed by atoms with van der Waals surface area (Å²) >= 11 is 0. The SMILES string of the molecule is CC(C)c1nc(NCc2ccc(C(=O)O)cc2)cc(=O)[nH]1. The number of H-pyrrole nitrogens is 1. The van der Waals surface area contributed by atoms with Crippen LogP contribution in [0.5, 0.6) is 0 Å². The molecule has 0 saturated heterocycles. The van der Waals surface area contributed by atoms with E-state index in [0.29, 0.717) is 18.2 Å². The molecule has 2 aromatic rings. The van der Waals surface area contributed by atoms with Crippen molar-refractivity contribution >= 4 is 11.8 Å². The minimum atomic E-state index is -0.952. The highest BCUT2D eigenvalue weighted by molar-refractivity contribution is 5.87. The lowest BCUT2D eigenvalue weighted by molar-refractivity contribution is 0.0697. The second-order valence-corrected chi connectivity index (χ2v) is 5.03. The van der Waals surface area contributed by atoms with Crippen molar-refractivity contribution in [2.24, 2.45) is 0 Å². The molecule has 0 aliphatic carbocycles. The lowest BCUT2D eigenvalue weighted by atomic mass is 10.1. The standard InChI is InChI=1S/C15H17N3O3/c1-9(2)14-17-12(7-13(19)18-14)16-8-10-3-5-11(6-4-10)15(20)21/h3-7,9H,8H2,1-2H3,(H,20,21)(H2,16,17,18,19). The van der Waals surface area contributed by atoms with Gasteiger partial charge >= 0.3 is 5.97 Å². The monoisotopic (exact) mass is 287 g/mol. The summed E-state index contributed by atoms with van der Waals surface area (Å²) in [6.07, 6.45) is 0. The molecule has 0 fully saturated rings. The number of nitrogens with one attached hydrogen (secondary N) is 2. The fourth-order valence-corrected chi connectivity index (χ4v) is 1.80. The van der Waals surface area contributed by atoms with E-state index in [1.165, 1.54) is 6.07 Å². The highest BCUT2D eigenvalue weighted by atomic mass is 16.4. The summed E-state index contributed by atoms with van der Waals surface area (Å²) in [5.41, 5.74) is 0.959. The molecule has 0 amide bonds. The van der Waals surface area contributed by atoms with Crippen LogP contribution in [0.3, 0.4) is 0 Å². The normalized spacial score (nSPS) is 10.6. The predicted molar refractivity (Wildman–Crippen MR) is 79.7 cm³/mol. The number of carboxylic acid groups (broad SMARTS) is 1. The molecule has 2 rings (SSSR count). The third-order valence-corrected chi connectivity index (χ3v) is 2.98. The van der Waals surface area contributed by atoms with Gasteiger partial charge in [-0.05, 0) is 17.7 Å². The summed E-state index contributed by atoms with van der Waals surface area (Å²) < 4.78 is 0. The van der Waals surface area contributed by atoms with Gasteiger partial charge in [0.15, 0.2) is 0 Å². The average Bonchev–Trinajstić information content (AvgIpc) is 2.45. The number of aromatic nitrogens is 2. The number of aromatic amines is 1. The number of hydrogen-bond donors (Lipinski definition) is 3. The Morgan fingerprint density at radius 3 is 2.57 bits per heavy atom. The second kappa shape index (κ2) is 6.21. The smallest absolute Gasteiger partial charge is 0.335 e. The van der Waals surface area contributed by atoms with E-state index >= 15 is 0 Å². The van der Waals surface area contributed by atoms with Gasteiger partial charge in [0.2, 0.25) is 0 Å². The van der Waals surface area contributed by atoms with Crippen molar-refractivity contribution in [1.29, 1.82) is 0 Å². The Kier molecular flexibility index (Phi) is 4.37. The molecule has 0 aliphatic heterocycles. The molecule has 0 saturated carbocycles. The molecular weight excluding hydrogens is 270 g/mol. The summed E-state index contributed by atoms with van der Waals surface area (Å²) in [5.74, 6) is 0.317. The van der Waals surface area contributed by atoms with Gasteiger partial charge in [-0.15, -0.1) is 0 Å². The number of anilines is 1. The fourth-order valence-electron chi connectivity index (χ4n) is 1.80. The fraction of sp³-hybridized carbons (Fsp3) is 0.267. The predicted octanol–water partition coefficient (Wildman–Crippen LogP) is 2.20. The van der Waals surface area contributed by atoms with E-state index in [-0.39, 0.29) is 17.0 Å². The quantitative estimate of drug-likeness (QED) is 0.783. The molecule has 6 heteroatoms. The van der Waals surface area contributed by atoms with Crippen molar-refractivity contribution in [3.63, 3.8) is 0 Å². The number of nitrogens with zero attached hydrogens (tertiary/aromatic N) is 1. The molecular formula is C15H17N3O3. The lowest BCUT2D eigenvalue weighted by Gasteiger charge is -2.09. The number of aromatic carboxylic acids is 1. The Labute approximate surface area is 121 Å². The van der Waals surface area contributed by atoms with E-state index < -0.39 is 5.97 Å². The van der Waals surface area contributed by atoms with Gasteiger partial charge in [0.25, 0.3) is 5.56 Å². The largest absolute Gasteiger partial charge is 0.478 e. The first-order chi connectivity index (χ1) is 9.95. The van der Waals surface area contributed by atoms with Crippen LogP contribution in [0, 0.1) is 0 Å². The minimum Gasteiger partial charge on any atom is -0.478 e. The van der Waals surface area contributed by atoms with E-state index in [9.17, 15) is 9.59 Å². The summed E-state index contributed by atoms with van der Waals surface area (Å²) in [6.45, 7) is 4.37. The van der Waals surface area contributed by atoms with Crippen LogP contribution in [-0.4, -0.2) is 21.0 Å². The van der Waals surface area contributed by atoms with Crippen molar-refractivity contribution < 1.29 is 9.90 Å². The van der Waals surface area contributed by atoms with Gasteiger partial charge in [0.1, 0.15) is 11.6 Å². The summed E-state index contributed by atoms with van der Waals surface area (Å²) in [4.78, 5) is 29.3. The lowest BCUT2D eigenvalue weighted by Crippen LogP contribution is -2.14. The van der Waals surface area contributed by atoms with Crippen LogP contribution < -0.4 is 10.9 Å². The molecule has 6 nitrogen and oxygen atoms in total. The minimum absolute atomic E-state index is 0.134. The van der Waals surface area contributed by atoms with Gasteiger partial charge in [0.05, 0.1) is 5.56 Å². The van der Waals surface area contributed by atoms with E-state index in [1.807, 2.05) is 13.8 Å². The first kappa shape index (κ1) is 14.8. The van der Waals surface area contributed by atoms with Crippen LogP contribution in [0.25, 0.3) is 0 Å². The Hall–Kier alpha value is -2.63. The number of carbonyl (C=O) groups is 1. The van der Waals surface area contributed by atoms with Crippen LogP contribution in [0.15, 0.2) is 35.1 Å². The van der Waals surface area contributed by atoms with Crippen LogP contribution >= 0.6 is 0 Å². The van der Waals surface area contributed by atoms with Crippen molar-refractivity contribution in [2.75, 3.05) is 5.32 Å². The van der Waals surface area contributed by atoms with Crippen molar-refractivity contribution in [3.05, 3.63) is 57.6 Å². The topological polar surface area (TPSA) is 95.1 Å². The molecule has 3 N–H and O–H groups in total. The Bertz CT molecular complexity index is 690. The van der Waals surface area contributed by atoms with Crippen LogP contribution in [0.4, 0.5) is 5.82 Å².